The molecule has 2 rings (SSSR count). The van der Waals surface area contributed by atoms with Gasteiger partial charge < -0.3 is 15.2 Å². The van der Waals surface area contributed by atoms with E-state index < -0.39 is 0 Å². The third kappa shape index (κ3) is 4.59. The summed E-state index contributed by atoms with van der Waals surface area (Å²) in [6.07, 6.45) is 2.68. The summed E-state index contributed by atoms with van der Waals surface area (Å²) in [6.45, 7) is 2.57. The Kier molecular flexibility index (Phi) is 6.27. The minimum Gasteiger partial charge on any atom is -0.495 e. The first-order valence-electron chi connectivity index (χ1n) is 7.95. The number of hydrogen-bond donors (Lipinski definition) is 2. The fourth-order valence-corrected chi connectivity index (χ4v) is 3.15. The lowest BCUT2D eigenvalue weighted by molar-refractivity contribution is -0.120. The molecule has 1 saturated carbocycles. The number of carbonyl (C=O) groups is 1. The van der Waals surface area contributed by atoms with Gasteiger partial charge in [0.2, 0.25) is 5.91 Å². The normalized spacial score (nSPS) is 22.2. The summed E-state index contributed by atoms with van der Waals surface area (Å²) in [5.41, 5.74) is 0.561. The van der Waals surface area contributed by atoms with E-state index in [4.69, 9.17) is 16.3 Å². The Morgan fingerprint density at radius 3 is 2.87 bits per heavy atom. The van der Waals surface area contributed by atoms with E-state index in [1.54, 1.807) is 25.3 Å². The van der Waals surface area contributed by atoms with Crippen LogP contribution in [0.4, 0.5) is 5.69 Å². The van der Waals surface area contributed by atoms with E-state index in [0.29, 0.717) is 23.0 Å². The van der Waals surface area contributed by atoms with Crippen LogP contribution >= 0.6 is 11.6 Å². The summed E-state index contributed by atoms with van der Waals surface area (Å²) in [6, 6.07) is 4.80. The smallest absolute Gasteiger partial charge is 0.241 e. The summed E-state index contributed by atoms with van der Waals surface area (Å²) >= 11 is 5.98. The highest BCUT2D eigenvalue weighted by molar-refractivity contribution is 6.31. The number of nitrogens with one attached hydrogen (secondary N) is 1. The van der Waals surface area contributed by atoms with Crippen molar-refractivity contribution in [3.8, 4) is 5.75 Å². The molecule has 0 heterocycles. The largest absolute Gasteiger partial charge is 0.495 e. The van der Waals surface area contributed by atoms with Gasteiger partial charge in [0, 0.05) is 11.6 Å². The summed E-state index contributed by atoms with van der Waals surface area (Å²) in [5, 5.41) is 13.3. The van der Waals surface area contributed by atoms with Gasteiger partial charge in [-0.3, -0.25) is 9.69 Å². The molecular formula is C17H25ClN2O3. The summed E-state index contributed by atoms with van der Waals surface area (Å²) in [4.78, 5) is 14.5. The van der Waals surface area contributed by atoms with Gasteiger partial charge in [-0.15, -0.1) is 0 Å². The van der Waals surface area contributed by atoms with Crippen LogP contribution in [0.25, 0.3) is 0 Å². The fraction of sp³-hybridized carbons (Fsp3) is 0.588. The van der Waals surface area contributed by atoms with Crippen molar-refractivity contribution in [2.45, 2.75) is 38.3 Å². The van der Waals surface area contributed by atoms with Gasteiger partial charge in [-0.25, -0.2) is 0 Å². The predicted octanol–water partition coefficient (Wildman–Crippen LogP) is 2.77. The third-order valence-electron chi connectivity index (χ3n) is 4.60. The first-order chi connectivity index (χ1) is 10.9. The number of benzene rings is 1. The van der Waals surface area contributed by atoms with E-state index in [-0.39, 0.29) is 24.0 Å². The Morgan fingerprint density at radius 1 is 1.52 bits per heavy atom. The van der Waals surface area contributed by atoms with Crippen LogP contribution in [0.15, 0.2) is 18.2 Å². The molecule has 5 nitrogen and oxygen atoms in total. The summed E-state index contributed by atoms with van der Waals surface area (Å²) in [7, 11) is 3.46. The molecule has 1 amide bonds. The zero-order valence-corrected chi connectivity index (χ0v) is 14.6. The maximum Gasteiger partial charge on any atom is 0.241 e. The molecule has 0 spiro atoms. The SMILES string of the molecule is COc1ccc(Cl)cc1NC(=O)C(C)N(C)CC1CCCC1O. The Morgan fingerprint density at radius 2 is 2.26 bits per heavy atom. The van der Waals surface area contributed by atoms with Crippen molar-refractivity contribution in [3.05, 3.63) is 23.2 Å². The molecule has 0 radical (unpaired) electrons. The second-order valence-corrected chi connectivity index (χ2v) is 6.64. The number of aliphatic hydroxyl groups is 1. The molecule has 1 aliphatic rings. The first kappa shape index (κ1) is 18.0. The standard InChI is InChI=1S/C17H25ClN2O3/c1-11(20(2)10-12-5-4-6-15(12)21)17(22)19-14-9-13(18)7-8-16(14)23-3/h7-9,11-12,15,21H,4-6,10H2,1-3H3,(H,19,22). The Bertz CT molecular complexity index is 553. The van der Waals surface area contributed by atoms with E-state index in [9.17, 15) is 9.90 Å². The van der Waals surface area contributed by atoms with E-state index in [2.05, 4.69) is 5.32 Å². The molecule has 128 valence electrons. The molecule has 0 bridgehead atoms. The van der Waals surface area contributed by atoms with Gasteiger partial charge in [-0.2, -0.15) is 0 Å². The number of hydrogen-bond acceptors (Lipinski definition) is 4. The predicted molar refractivity (Wildman–Crippen MR) is 92.1 cm³/mol. The van der Waals surface area contributed by atoms with Crippen LogP contribution in [0.5, 0.6) is 5.75 Å². The maximum atomic E-state index is 12.5. The number of rotatable bonds is 6. The molecule has 1 aliphatic carbocycles. The topological polar surface area (TPSA) is 61.8 Å². The van der Waals surface area contributed by atoms with Crippen molar-refractivity contribution in [2.24, 2.45) is 5.92 Å². The van der Waals surface area contributed by atoms with Gasteiger partial charge in [0.25, 0.3) is 0 Å². The summed E-state index contributed by atoms with van der Waals surface area (Å²) in [5.74, 6) is 0.695. The van der Waals surface area contributed by atoms with Crippen LogP contribution in [0.2, 0.25) is 5.02 Å². The molecule has 1 aromatic rings. The zero-order chi connectivity index (χ0) is 17.0. The molecule has 2 N–H and O–H groups in total. The van der Waals surface area contributed by atoms with Crippen LogP contribution < -0.4 is 10.1 Å². The van der Waals surface area contributed by atoms with Gasteiger partial charge in [-0.05, 0) is 50.9 Å². The first-order valence-corrected chi connectivity index (χ1v) is 8.33. The lowest BCUT2D eigenvalue weighted by Gasteiger charge is -2.28. The minimum absolute atomic E-state index is 0.124. The van der Waals surface area contributed by atoms with Crippen molar-refractivity contribution in [1.29, 1.82) is 0 Å². The molecule has 3 unspecified atom stereocenters. The molecule has 1 fully saturated rings. The third-order valence-corrected chi connectivity index (χ3v) is 4.84. The molecule has 3 atom stereocenters. The van der Waals surface area contributed by atoms with Crippen molar-refractivity contribution in [1.82, 2.24) is 4.90 Å². The molecule has 6 heteroatoms. The van der Waals surface area contributed by atoms with Gasteiger partial charge in [-0.1, -0.05) is 18.0 Å². The fourth-order valence-electron chi connectivity index (χ4n) is 2.97. The number of anilines is 1. The molecule has 23 heavy (non-hydrogen) atoms. The van der Waals surface area contributed by atoms with E-state index in [1.807, 2.05) is 18.9 Å². The highest BCUT2D eigenvalue weighted by Gasteiger charge is 2.29. The Balaban J connectivity index is 1.98. The molecule has 1 aromatic carbocycles. The monoisotopic (exact) mass is 340 g/mol. The molecule has 0 aromatic heterocycles. The second kappa shape index (κ2) is 7.99. The number of aliphatic hydroxyl groups excluding tert-OH is 1. The number of ether oxygens (including phenoxy) is 1. The average Bonchev–Trinajstić information content (AvgIpc) is 2.91. The number of carbonyl (C=O) groups excluding carboxylic acids is 1. The van der Waals surface area contributed by atoms with E-state index in [0.717, 1.165) is 19.3 Å². The molecule has 0 aliphatic heterocycles. The number of amides is 1. The van der Waals surface area contributed by atoms with Crippen LogP contribution in [0, 0.1) is 5.92 Å². The Labute approximate surface area is 142 Å². The van der Waals surface area contributed by atoms with Crippen LogP contribution in [0.3, 0.4) is 0 Å². The van der Waals surface area contributed by atoms with Crippen LogP contribution in [-0.2, 0) is 4.79 Å². The number of methoxy groups -OCH3 is 1. The Hall–Kier alpha value is -1.30. The quantitative estimate of drug-likeness (QED) is 0.836. The number of likely N-dealkylation sites (N-methyl/N-ethyl adjacent to an activating group) is 1. The van der Waals surface area contributed by atoms with Gasteiger partial charge in [0.05, 0.1) is 24.9 Å². The lowest BCUT2D eigenvalue weighted by Crippen LogP contribution is -2.43. The number of nitrogens with zero attached hydrogens (tertiary/aromatic N) is 1. The van der Waals surface area contributed by atoms with Crippen molar-refractivity contribution in [2.75, 3.05) is 26.0 Å². The lowest BCUT2D eigenvalue weighted by atomic mass is 10.0. The van der Waals surface area contributed by atoms with Gasteiger partial charge >= 0.3 is 0 Å². The van der Waals surface area contributed by atoms with Gasteiger partial charge in [0.1, 0.15) is 5.75 Å². The van der Waals surface area contributed by atoms with E-state index in [1.165, 1.54) is 0 Å². The van der Waals surface area contributed by atoms with Crippen LogP contribution in [0.1, 0.15) is 26.2 Å². The second-order valence-electron chi connectivity index (χ2n) is 6.21. The van der Waals surface area contributed by atoms with Gasteiger partial charge in [0.15, 0.2) is 0 Å². The average molecular weight is 341 g/mol. The van der Waals surface area contributed by atoms with Crippen molar-refractivity contribution in [3.63, 3.8) is 0 Å². The molecular weight excluding hydrogens is 316 g/mol. The zero-order valence-electron chi connectivity index (χ0n) is 13.9. The highest BCUT2D eigenvalue weighted by atomic mass is 35.5. The van der Waals surface area contributed by atoms with Crippen LogP contribution in [-0.4, -0.2) is 48.8 Å². The summed E-state index contributed by atoms with van der Waals surface area (Å²) < 4.78 is 5.24. The van der Waals surface area contributed by atoms with E-state index >= 15 is 0 Å². The van der Waals surface area contributed by atoms with Crippen molar-refractivity contribution >= 4 is 23.2 Å². The number of halogens is 1. The highest BCUT2D eigenvalue weighted by Crippen LogP contribution is 2.29. The molecule has 0 saturated heterocycles. The van der Waals surface area contributed by atoms with Crippen molar-refractivity contribution < 1.29 is 14.6 Å². The maximum absolute atomic E-state index is 12.5. The minimum atomic E-state index is -0.313.